The Hall–Kier alpha value is -4.62. The monoisotopic (exact) mass is 492 g/mol. The van der Waals surface area contributed by atoms with Gasteiger partial charge in [0.15, 0.2) is 11.4 Å². The number of aromatic nitrogens is 2. The summed E-state index contributed by atoms with van der Waals surface area (Å²) in [6.45, 7) is 0. The van der Waals surface area contributed by atoms with Gasteiger partial charge in [-0.05, 0) is 47.2 Å². The first kappa shape index (κ1) is 19.7. The second kappa shape index (κ2) is 6.96. The van der Waals surface area contributed by atoms with Gasteiger partial charge in [0.25, 0.3) is 0 Å². The van der Waals surface area contributed by atoms with Crippen LogP contribution in [0.5, 0.6) is 0 Å². The molecule has 0 amide bonds. The Balaban J connectivity index is 1.68. The number of hydrogen-bond donors (Lipinski definition) is 0. The molecule has 164 valence electrons. The van der Waals surface area contributed by atoms with Gasteiger partial charge in [-0.15, -0.1) is 22.7 Å². The van der Waals surface area contributed by atoms with E-state index in [1.54, 1.807) is 22.7 Å². The maximum Gasteiger partial charge on any atom is 0.177 e. The van der Waals surface area contributed by atoms with Crippen molar-refractivity contribution in [1.82, 2.24) is 9.97 Å². The number of rotatable bonds is 0. The van der Waals surface area contributed by atoms with E-state index in [1.807, 2.05) is 0 Å². The normalized spacial score (nSPS) is 11.8. The van der Waals surface area contributed by atoms with Gasteiger partial charge < -0.3 is 0 Å². The molecule has 0 fully saturated rings. The van der Waals surface area contributed by atoms with Gasteiger partial charge in [0.2, 0.25) is 0 Å². The number of nitriles is 2. The lowest BCUT2D eigenvalue weighted by atomic mass is 9.96. The summed E-state index contributed by atoms with van der Waals surface area (Å²) < 4.78 is 4.79. The van der Waals surface area contributed by atoms with E-state index >= 15 is 0 Å². The van der Waals surface area contributed by atoms with Gasteiger partial charge >= 0.3 is 0 Å². The molecular formula is C30H12N4S2. The van der Waals surface area contributed by atoms with Crippen LogP contribution in [0.2, 0.25) is 0 Å². The smallest absolute Gasteiger partial charge is 0.177 e. The Morgan fingerprint density at radius 2 is 0.917 bits per heavy atom. The summed E-state index contributed by atoms with van der Waals surface area (Å²) in [5.74, 6) is 0. The van der Waals surface area contributed by atoms with E-state index in [-0.39, 0.29) is 11.4 Å². The van der Waals surface area contributed by atoms with Gasteiger partial charge in [0.1, 0.15) is 12.1 Å². The van der Waals surface area contributed by atoms with Gasteiger partial charge in [0.05, 0.1) is 11.0 Å². The minimum Gasteiger partial charge on any atom is -0.232 e. The number of thiophene rings is 2. The van der Waals surface area contributed by atoms with Crippen LogP contribution in [0, 0.1) is 22.7 Å². The predicted molar refractivity (Wildman–Crippen MR) is 150 cm³/mol. The van der Waals surface area contributed by atoms with E-state index in [4.69, 9.17) is 0 Å². The van der Waals surface area contributed by atoms with Crippen LogP contribution in [-0.4, -0.2) is 9.97 Å². The molecule has 4 nitrogen and oxygen atoms in total. The quantitative estimate of drug-likeness (QED) is 0.199. The highest BCUT2D eigenvalue weighted by Crippen LogP contribution is 2.44. The number of benzene rings is 5. The summed E-state index contributed by atoms with van der Waals surface area (Å²) in [4.78, 5) is 9.38. The summed E-state index contributed by atoms with van der Waals surface area (Å²) in [6, 6.07) is 29.9. The lowest BCUT2D eigenvalue weighted by Gasteiger charge is -2.11. The van der Waals surface area contributed by atoms with Crippen molar-refractivity contribution < 1.29 is 0 Å². The van der Waals surface area contributed by atoms with Gasteiger partial charge in [-0.1, -0.05) is 36.4 Å². The number of nitrogens with zero attached hydrogens (tertiary/aromatic N) is 4. The molecule has 8 rings (SSSR count). The van der Waals surface area contributed by atoms with E-state index in [2.05, 4.69) is 94.9 Å². The molecule has 0 saturated heterocycles. The van der Waals surface area contributed by atoms with Crippen molar-refractivity contribution in [3.05, 3.63) is 84.2 Å². The maximum atomic E-state index is 9.68. The Morgan fingerprint density at radius 3 is 1.36 bits per heavy atom. The average molecular weight is 493 g/mol. The first-order valence-corrected chi connectivity index (χ1v) is 13.0. The van der Waals surface area contributed by atoms with Gasteiger partial charge in [-0.3, -0.25) is 0 Å². The van der Waals surface area contributed by atoms with Crippen LogP contribution in [-0.2, 0) is 0 Å². The summed E-state index contributed by atoms with van der Waals surface area (Å²) in [5.41, 5.74) is 1.44. The van der Waals surface area contributed by atoms with E-state index < -0.39 is 0 Å². The first-order valence-electron chi connectivity index (χ1n) is 11.4. The van der Waals surface area contributed by atoms with Crippen LogP contribution in [0.15, 0.2) is 72.8 Å². The molecule has 6 heteroatoms. The van der Waals surface area contributed by atoms with Gasteiger partial charge in [-0.2, -0.15) is 10.5 Å². The fourth-order valence-electron chi connectivity index (χ4n) is 5.35. The molecule has 0 N–H and O–H groups in total. The standard InChI is InChI=1S/C30H12N4S2/c31-13-23-24(14-32)34-30-22-12-28-20(16-6-2-4-8-26(16)36-28)10-18(22)17-9-19-15-5-1-3-7-25(15)35-27(19)11-21(17)29(30)33-23/h1-12H. The molecule has 0 bridgehead atoms. The van der Waals surface area contributed by atoms with Crippen molar-refractivity contribution in [1.29, 1.82) is 10.5 Å². The van der Waals surface area contributed by atoms with Gasteiger partial charge in [-0.25, -0.2) is 9.97 Å². The second-order valence-corrected chi connectivity index (χ2v) is 11.0. The molecule has 3 heterocycles. The van der Waals surface area contributed by atoms with E-state index in [1.165, 1.54) is 30.9 Å². The highest BCUT2D eigenvalue weighted by atomic mass is 32.1. The van der Waals surface area contributed by atoms with Crippen molar-refractivity contribution >= 4 is 95.6 Å². The maximum absolute atomic E-state index is 9.68. The largest absolute Gasteiger partial charge is 0.232 e. The van der Waals surface area contributed by atoms with E-state index in [9.17, 15) is 10.5 Å². The second-order valence-electron chi connectivity index (χ2n) is 8.83. The molecule has 0 saturated carbocycles. The van der Waals surface area contributed by atoms with Crippen LogP contribution in [0.3, 0.4) is 0 Å². The van der Waals surface area contributed by atoms with E-state index in [0.717, 1.165) is 30.9 Å². The van der Waals surface area contributed by atoms with Crippen molar-refractivity contribution in [2.75, 3.05) is 0 Å². The topological polar surface area (TPSA) is 73.4 Å². The summed E-state index contributed by atoms with van der Waals surface area (Å²) in [7, 11) is 0. The molecule has 0 spiro atoms. The SMILES string of the molecule is N#Cc1nc2c3cc4sc5ccccc5c4cc3c3cc4c(cc3c2nc1C#N)sc1ccccc14. The number of fused-ring (bicyclic) bond motifs is 12. The summed E-state index contributed by atoms with van der Waals surface area (Å²) in [5, 5.41) is 28.3. The lowest BCUT2D eigenvalue weighted by molar-refractivity contribution is 1.21. The molecule has 0 aliphatic carbocycles. The van der Waals surface area contributed by atoms with Crippen LogP contribution in [0.25, 0.3) is 72.9 Å². The Bertz CT molecular complexity index is 2180. The zero-order valence-electron chi connectivity index (χ0n) is 18.5. The third-order valence-electron chi connectivity index (χ3n) is 6.94. The zero-order valence-corrected chi connectivity index (χ0v) is 20.2. The van der Waals surface area contributed by atoms with Crippen LogP contribution < -0.4 is 0 Å². The fourth-order valence-corrected chi connectivity index (χ4v) is 7.60. The van der Waals surface area contributed by atoms with Crippen molar-refractivity contribution in [3.63, 3.8) is 0 Å². The molecule has 0 aliphatic rings. The predicted octanol–water partition coefficient (Wildman–Crippen LogP) is 8.42. The molecule has 0 atom stereocenters. The van der Waals surface area contributed by atoms with Crippen LogP contribution in [0.1, 0.15) is 11.4 Å². The highest BCUT2D eigenvalue weighted by molar-refractivity contribution is 7.26. The van der Waals surface area contributed by atoms with Crippen molar-refractivity contribution in [2.24, 2.45) is 0 Å². The number of hydrogen-bond acceptors (Lipinski definition) is 6. The fraction of sp³-hybridized carbons (Fsp3) is 0. The lowest BCUT2D eigenvalue weighted by Crippen LogP contribution is -1.97. The van der Waals surface area contributed by atoms with Crippen LogP contribution in [0.4, 0.5) is 0 Å². The third kappa shape index (κ3) is 2.50. The molecule has 3 aromatic heterocycles. The Morgan fingerprint density at radius 1 is 0.472 bits per heavy atom. The molecule has 0 radical (unpaired) electrons. The molecule has 0 unspecified atom stereocenters. The molecule has 8 aromatic rings. The zero-order chi connectivity index (χ0) is 24.0. The molecule has 36 heavy (non-hydrogen) atoms. The summed E-state index contributed by atoms with van der Waals surface area (Å²) >= 11 is 3.50. The van der Waals surface area contributed by atoms with Crippen LogP contribution >= 0.6 is 22.7 Å². The Kier molecular flexibility index (Phi) is 3.80. The average Bonchev–Trinajstić information content (AvgIpc) is 3.47. The van der Waals surface area contributed by atoms with Crippen molar-refractivity contribution in [3.8, 4) is 12.1 Å². The summed E-state index contributed by atoms with van der Waals surface area (Å²) in [6.07, 6.45) is 0. The van der Waals surface area contributed by atoms with Gasteiger partial charge in [0, 0.05) is 51.1 Å². The molecular weight excluding hydrogens is 480 g/mol. The minimum atomic E-state index is 0.0602. The van der Waals surface area contributed by atoms with Crippen molar-refractivity contribution in [2.45, 2.75) is 0 Å². The minimum absolute atomic E-state index is 0.0602. The first-order chi connectivity index (χ1) is 17.7. The molecule has 0 aliphatic heterocycles. The highest BCUT2D eigenvalue weighted by Gasteiger charge is 2.19. The third-order valence-corrected chi connectivity index (χ3v) is 9.21. The van der Waals surface area contributed by atoms with E-state index in [0.29, 0.717) is 11.0 Å². The molecule has 5 aromatic carbocycles. The Labute approximate surface area is 211 Å².